The van der Waals surface area contributed by atoms with Crippen LogP contribution in [0.5, 0.6) is 5.75 Å². The number of benzene rings is 1. The van der Waals surface area contributed by atoms with Gasteiger partial charge in [-0.3, -0.25) is 4.79 Å². The maximum absolute atomic E-state index is 13.5. The summed E-state index contributed by atoms with van der Waals surface area (Å²) >= 11 is 0. The molecule has 5 nitrogen and oxygen atoms in total. The number of halogens is 1. The Balaban J connectivity index is 2.82. The molecule has 1 aromatic carbocycles. The van der Waals surface area contributed by atoms with Crippen molar-refractivity contribution in [3.05, 3.63) is 24.0 Å². The highest BCUT2D eigenvalue weighted by Crippen LogP contribution is 2.22. The summed E-state index contributed by atoms with van der Waals surface area (Å²) in [5.74, 6) is -2.41. The van der Waals surface area contributed by atoms with E-state index in [-0.39, 0.29) is 17.3 Å². The van der Waals surface area contributed by atoms with E-state index >= 15 is 0 Å². The Hall–Kier alpha value is -2.11. The Morgan fingerprint density at radius 2 is 2.12 bits per heavy atom. The molecule has 17 heavy (non-hydrogen) atoms. The van der Waals surface area contributed by atoms with Gasteiger partial charge in [0.2, 0.25) is 5.91 Å². The zero-order valence-electron chi connectivity index (χ0n) is 9.36. The molecule has 1 unspecified atom stereocenters. The zero-order valence-corrected chi connectivity index (χ0v) is 9.36. The van der Waals surface area contributed by atoms with E-state index in [0.717, 1.165) is 6.07 Å². The minimum atomic E-state index is -1.18. The van der Waals surface area contributed by atoms with Crippen LogP contribution in [0, 0.1) is 5.82 Å². The normalized spacial score (nSPS) is 11.7. The fourth-order valence-electron chi connectivity index (χ4n) is 1.12. The summed E-state index contributed by atoms with van der Waals surface area (Å²) in [6, 6.07) is 3.75. The number of rotatable bonds is 4. The molecule has 0 heterocycles. The van der Waals surface area contributed by atoms with Crippen molar-refractivity contribution < 1.29 is 23.8 Å². The second kappa shape index (κ2) is 5.29. The number of carboxylic acids is 1. The molecule has 0 aliphatic heterocycles. The highest BCUT2D eigenvalue weighted by atomic mass is 19.1. The van der Waals surface area contributed by atoms with E-state index < -0.39 is 17.9 Å². The lowest BCUT2D eigenvalue weighted by Gasteiger charge is -2.11. The molecular weight excluding hydrogens is 229 g/mol. The van der Waals surface area contributed by atoms with Crippen molar-refractivity contribution in [3.8, 4) is 5.75 Å². The van der Waals surface area contributed by atoms with Gasteiger partial charge in [-0.05, 0) is 19.1 Å². The molecular formula is C11H12FNO4. The average molecular weight is 241 g/mol. The predicted octanol–water partition coefficient (Wildman–Crippen LogP) is 1.64. The van der Waals surface area contributed by atoms with Gasteiger partial charge in [0.05, 0.1) is 0 Å². The Morgan fingerprint density at radius 1 is 1.47 bits per heavy atom. The fourth-order valence-corrected chi connectivity index (χ4v) is 1.12. The first-order valence-electron chi connectivity index (χ1n) is 4.86. The number of ether oxygens (including phenoxy) is 1. The summed E-state index contributed by atoms with van der Waals surface area (Å²) in [6.45, 7) is 2.60. The number of carboxylic acid groups (broad SMARTS) is 1. The van der Waals surface area contributed by atoms with Gasteiger partial charge in [0.25, 0.3) is 0 Å². The third-order valence-corrected chi connectivity index (χ3v) is 1.90. The quantitative estimate of drug-likeness (QED) is 0.840. The second-order valence-corrected chi connectivity index (χ2v) is 3.42. The van der Waals surface area contributed by atoms with Crippen LogP contribution in [-0.4, -0.2) is 23.1 Å². The smallest absolute Gasteiger partial charge is 0.344 e. The van der Waals surface area contributed by atoms with Crippen LogP contribution in [0.25, 0.3) is 0 Å². The van der Waals surface area contributed by atoms with Crippen molar-refractivity contribution >= 4 is 17.6 Å². The van der Waals surface area contributed by atoms with Gasteiger partial charge in [-0.15, -0.1) is 0 Å². The van der Waals surface area contributed by atoms with Gasteiger partial charge in [-0.2, -0.15) is 0 Å². The molecule has 0 saturated heterocycles. The highest BCUT2D eigenvalue weighted by molar-refractivity contribution is 5.88. The topological polar surface area (TPSA) is 75.6 Å². The second-order valence-electron chi connectivity index (χ2n) is 3.42. The van der Waals surface area contributed by atoms with Gasteiger partial charge in [0, 0.05) is 18.7 Å². The maximum atomic E-state index is 13.5. The summed E-state index contributed by atoms with van der Waals surface area (Å²) in [6.07, 6.45) is -1.14. The molecule has 92 valence electrons. The number of aliphatic carboxylic acids is 1. The summed E-state index contributed by atoms with van der Waals surface area (Å²) in [5, 5.41) is 11.0. The molecule has 0 radical (unpaired) electrons. The lowest BCUT2D eigenvalue weighted by atomic mass is 10.3. The van der Waals surface area contributed by atoms with Crippen molar-refractivity contribution in [3.63, 3.8) is 0 Å². The van der Waals surface area contributed by atoms with E-state index in [2.05, 4.69) is 5.32 Å². The van der Waals surface area contributed by atoms with E-state index in [0.29, 0.717) is 0 Å². The number of hydrogen-bond acceptors (Lipinski definition) is 3. The number of carbonyl (C=O) groups excluding carboxylic acids is 1. The van der Waals surface area contributed by atoms with Gasteiger partial charge < -0.3 is 15.2 Å². The summed E-state index contributed by atoms with van der Waals surface area (Å²) in [7, 11) is 0. The van der Waals surface area contributed by atoms with Crippen LogP contribution in [0.2, 0.25) is 0 Å². The molecule has 0 bridgehead atoms. The van der Waals surface area contributed by atoms with Crippen molar-refractivity contribution in [1.82, 2.24) is 0 Å². The van der Waals surface area contributed by atoms with Gasteiger partial charge >= 0.3 is 5.97 Å². The third-order valence-electron chi connectivity index (χ3n) is 1.90. The minimum Gasteiger partial charge on any atom is -0.479 e. The lowest BCUT2D eigenvalue weighted by Crippen LogP contribution is -2.23. The number of carbonyl (C=O) groups is 2. The Kier molecular flexibility index (Phi) is 4.03. The van der Waals surface area contributed by atoms with Gasteiger partial charge in [0.1, 0.15) is 0 Å². The van der Waals surface area contributed by atoms with Gasteiger partial charge in [0.15, 0.2) is 17.7 Å². The first-order chi connectivity index (χ1) is 7.90. The Labute approximate surface area is 97.2 Å². The summed E-state index contributed by atoms with van der Waals surface area (Å²) in [4.78, 5) is 21.3. The number of hydrogen-bond donors (Lipinski definition) is 2. The molecule has 0 spiro atoms. The molecule has 0 fully saturated rings. The van der Waals surface area contributed by atoms with Crippen LogP contribution in [0.15, 0.2) is 18.2 Å². The molecule has 1 atom stereocenters. The van der Waals surface area contributed by atoms with Crippen molar-refractivity contribution in [2.45, 2.75) is 20.0 Å². The van der Waals surface area contributed by atoms with Crippen molar-refractivity contribution in [1.29, 1.82) is 0 Å². The number of nitrogens with one attached hydrogen (secondary N) is 1. The molecule has 0 aliphatic rings. The first kappa shape index (κ1) is 13.0. The summed E-state index contributed by atoms with van der Waals surface area (Å²) < 4.78 is 18.3. The van der Waals surface area contributed by atoms with E-state index in [1.54, 1.807) is 0 Å². The lowest BCUT2D eigenvalue weighted by molar-refractivity contribution is -0.144. The first-order valence-corrected chi connectivity index (χ1v) is 4.86. The highest BCUT2D eigenvalue weighted by Gasteiger charge is 2.15. The number of anilines is 1. The Morgan fingerprint density at radius 3 is 2.59 bits per heavy atom. The molecule has 6 heteroatoms. The average Bonchev–Trinajstić information content (AvgIpc) is 2.20. The molecule has 2 N–H and O–H groups in total. The number of amides is 1. The van der Waals surface area contributed by atoms with E-state index in [1.807, 2.05) is 0 Å². The van der Waals surface area contributed by atoms with Gasteiger partial charge in [-0.25, -0.2) is 9.18 Å². The standard InChI is InChI=1S/C11H12FNO4/c1-6(11(15)16)17-10-4-3-8(5-9(10)12)13-7(2)14/h3-6H,1-2H3,(H,13,14)(H,15,16). The van der Waals surface area contributed by atoms with Gasteiger partial charge in [-0.1, -0.05) is 0 Å². The minimum absolute atomic E-state index is 0.172. The van der Waals surface area contributed by atoms with E-state index in [4.69, 9.17) is 9.84 Å². The Bertz CT molecular complexity index is 447. The van der Waals surface area contributed by atoms with Crippen LogP contribution >= 0.6 is 0 Å². The van der Waals surface area contributed by atoms with Crippen LogP contribution in [0.3, 0.4) is 0 Å². The van der Waals surface area contributed by atoms with Crippen LogP contribution < -0.4 is 10.1 Å². The molecule has 0 saturated carbocycles. The van der Waals surface area contributed by atoms with Crippen LogP contribution in [0.4, 0.5) is 10.1 Å². The molecule has 0 aromatic heterocycles. The largest absolute Gasteiger partial charge is 0.479 e. The summed E-state index contributed by atoms with van der Waals surface area (Å²) in [5.41, 5.74) is 0.283. The van der Waals surface area contributed by atoms with Crippen LogP contribution in [0.1, 0.15) is 13.8 Å². The fraction of sp³-hybridized carbons (Fsp3) is 0.273. The maximum Gasteiger partial charge on any atom is 0.344 e. The molecule has 1 aromatic rings. The third kappa shape index (κ3) is 3.75. The monoisotopic (exact) mass is 241 g/mol. The van der Waals surface area contributed by atoms with Crippen molar-refractivity contribution in [2.75, 3.05) is 5.32 Å². The van der Waals surface area contributed by atoms with Crippen molar-refractivity contribution in [2.24, 2.45) is 0 Å². The van der Waals surface area contributed by atoms with Crippen LogP contribution in [-0.2, 0) is 9.59 Å². The molecule has 1 rings (SSSR count). The molecule has 0 aliphatic carbocycles. The predicted molar refractivity (Wildman–Crippen MR) is 58.4 cm³/mol. The van der Waals surface area contributed by atoms with E-state index in [9.17, 15) is 14.0 Å². The molecule has 1 amide bonds. The SMILES string of the molecule is CC(=O)Nc1ccc(OC(C)C(=O)O)c(F)c1. The van der Waals surface area contributed by atoms with E-state index in [1.165, 1.54) is 26.0 Å². The zero-order chi connectivity index (χ0) is 13.0.